The number of nitrogens with zero attached hydrogens (tertiary/aromatic N) is 3. The first-order chi connectivity index (χ1) is 8.26. The highest BCUT2D eigenvalue weighted by Crippen LogP contribution is 2.43. The van der Waals surface area contributed by atoms with Crippen LogP contribution in [0.4, 0.5) is 5.69 Å². The Balaban J connectivity index is 1.43. The molecule has 1 saturated carbocycles. The quantitative estimate of drug-likeness (QED) is 0.866. The summed E-state index contributed by atoms with van der Waals surface area (Å²) in [5, 5.41) is 4.22. The van der Waals surface area contributed by atoms with Crippen LogP contribution >= 0.6 is 0 Å². The van der Waals surface area contributed by atoms with Crippen LogP contribution in [-0.4, -0.2) is 34.3 Å². The van der Waals surface area contributed by atoms with Gasteiger partial charge in [0.25, 0.3) is 0 Å². The van der Waals surface area contributed by atoms with E-state index in [0.29, 0.717) is 5.41 Å². The number of likely N-dealkylation sites (tertiary alicyclic amines) is 1. The third-order valence-electron chi connectivity index (χ3n) is 4.33. The largest absolute Gasteiger partial charge is 0.396 e. The summed E-state index contributed by atoms with van der Waals surface area (Å²) in [5.41, 5.74) is 7.10. The van der Waals surface area contributed by atoms with Crippen molar-refractivity contribution in [2.24, 2.45) is 5.41 Å². The summed E-state index contributed by atoms with van der Waals surface area (Å²) in [5.74, 6) is 0. The van der Waals surface area contributed by atoms with Gasteiger partial charge in [0.1, 0.15) is 0 Å². The molecule has 4 heteroatoms. The normalized spacial score (nSPS) is 23.8. The van der Waals surface area contributed by atoms with E-state index in [1.807, 2.05) is 10.9 Å². The third kappa shape index (κ3) is 2.32. The second-order valence-electron chi connectivity index (χ2n) is 5.81. The molecule has 2 aliphatic rings. The first kappa shape index (κ1) is 11.1. The molecule has 0 atom stereocenters. The van der Waals surface area contributed by atoms with Crippen molar-refractivity contribution in [3.8, 4) is 0 Å². The molecule has 0 bridgehead atoms. The summed E-state index contributed by atoms with van der Waals surface area (Å²) >= 11 is 0. The van der Waals surface area contributed by atoms with E-state index in [4.69, 9.17) is 5.73 Å². The van der Waals surface area contributed by atoms with Crippen LogP contribution in [0.15, 0.2) is 12.4 Å². The number of hydrogen-bond acceptors (Lipinski definition) is 3. The Morgan fingerprint density at radius 3 is 2.59 bits per heavy atom. The molecule has 1 aromatic heterocycles. The molecule has 94 valence electrons. The Kier molecular flexibility index (Phi) is 2.82. The number of nitrogen functional groups attached to an aromatic ring is 1. The van der Waals surface area contributed by atoms with Gasteiger partial charge in [0.15, 0.2) is 0 Å². The van der Waals surface area contributed by atoms with Gasteiger partial charge in [0.05, 0.1) is 18.4 Å². The molecule has 0 radical (unpaired) electrons. The average Bonchev–Trinajstić information content (AvgIpc) is 2.71. The first-order valence-electron chi connectivity index (χ1n) is 6.76. The van der Waals surface area contributed by atoms with E-state index in [0.717, 1.165) is 18.8 Å². The molecule has 1 spiro atoms. The van der Waals surface area contributed by atoms with Gasteiger partial charge in [-0.2, -0.15) is 5.10 Å². The molecule has 0 unspecified atom stereocenters. The smallest absolute Gasteiger partial charge is 0.0719 e. The second-order valence-corrected chi connectivity index (χ2v) is 5.81. The van der Waals surface area contributed by atoms with Crippen molar-refractivity contribution in [3.05, 3.63) is 12.4 Å². The van der Waals surface area contributed by atoms with Gasteiger partial charge in [-0.1, -0.05) is 19.3 Å². The summed E-state index contributed by atoms with van der Waals surface area (Å²) in [6.45, 7) is 4.70. The van der Waals surface area contributed by atoms with Crippen LogP contribution in [0.2, 0.25) is 0 Å². The second kappa shape index (κ2) is 4.33. The highest BCUT2D eigenvalue weighted by Gasteiger charge is 2.42. The molecule has 1 aliphatic heterocycles. The third-order valence-corrected chi connectivity index (χ3v) is 4.33. The fraction of sp³-hybridized carbons (Fsp3) is 0.769. The fourth-order valence-electron chi connectivity index (χ4n) is 3.42. The highest BCUT2D eigenvalue weighted by molar-refractivity contribution is 5.30. The standard InChI is InChI=1S/C13H22N4/c14-12-8-15-17(9-12)7-6-16-10-13(11-16)4-2-1-3-5-13/h8-9H,1-7,10-11,14H2. The minimum Gasteiger partial charge on any atom is -0.396 e. The Morgan fingerprint density at radius 2 is 1.94 bits per heavy atom. The van der Waals surface area contributed by atoms with Crippen molar-refractivity contribution in [2.75, 3.05) is 25.4 Å². The van der Waals surface area contributed by atoms with E-state index in [1.54, 1.807) is 6.20 Å². The van der Waals surface area contributed by atoms with Crippen LogP contribution in [0.1, 0.15) is 32.1 Å². The maximum absolute atomic E-state index is 5.65. The maximum Gasteiger partial charge on any atom is 0.0719 e. The Hall–Kier alpha value is -1.03. The van der Waals surface area contributed by atoms with Crippen LogP contribution in [0.25, 0.3) is 0 Å². The Morgan fingerprint density at radius 1 is 1.18 bits per heavy atom. The molecule has 1 aromatic rings. The van der Waals surface area contributed by atoms with Crippen LogP contribution < -0.4 is 5.73 Å². The summed E-state index contributed by atoms with van der Waals surface area (Å²) in [4.78, 5) is 2.56. The van der Waals surface area contributed by atoms with E-state index < -0.39 is 0 Å². The maximum atomic E-state index is 5.65. The fourth-order valence-corrected chi connectivity index (χ4v) is 3.42. The van der Waals surface area contributed by atoms with Gasteiger partial charge in [-0.15, -0.1) is 0 Å². The molecule has 0 aromatic carbocycles. The molecule has 4 nitrogen and oxygen atoms in total. The summed E-state index contributed by atoms with van der Waals surface area (Å²) in [6.07, 6.45) is 10.9. The number of rotatable bonds is 3. The van der Waals surface area contributed by atoms with Gasteiger partial charge in [0, 0.05) is 25.8 Å². The van der Waals surface area contributed by atoms with Crippen molar-refractivity contribution >= 4 is 5.69 Å². The molecular formula is C13H22N4. The minimum absolute atomic E-state index is 0.696. The first-order valence-corrected chi connectivity index (χ1v) is 6.76. The lowest BCUT2D eigenvalue weighted by atomic mass is 9.69. The van der Waals surface area contributed by atoms with Crippen molar-refractivity contribution < 1.29 is 0 Å². The van der Waals surface area contributed by atoms with Gasteiger partial charge >= 0.3 is 0 Å². The number of aromatic nitrogens is 2. The van der Waals surface area contributed by atoms with Crippen molar-refractivity contribution in [2.45, 2.75) is 38.6 Å². The van der Waals surface area contributed by atoms with E-state index in [2.05, 4.69) is 10.00 Å². The van der Waals surface area contributed by atoms with E-state index in [1.165, 1.54) is 45.2 Å². The average molecular weight is 234 g/mol. The minimum atomic E-state index is 0.696. The molecule has 2 N–H and O–H groups in total. The van der Waals surface area contributed by atoms with Crippen LogP contribution in [0.5, 0.6) is 0 Å². The van der Waals surface area contributed by atoms with Gasteiger partial charge in [-0.3, -0.25) is 4.68 Å². The Bertz CT molecular complexity index is 371. The molecule has 2 heterocycles. The SMILES string of the molecule is Nc1cnn(CCN2CC3(CCCCC3)C2)c1. The predicted molar refractivity (Wildman–Crippen MR) is 68.6 cm³/mol. The molecule has 0 amide bonds. The number of anilines is 1. The molecule has 2 fully saturated rings. The molecule has 1 saturated heterocycles. The van der Waals surface area contributed by atoms with Crippen molar-refractivity contribution in [3.63, 3.8) is 0 Å². The lowest BCUT2D eigenvalue weighted by Gasteiger charge is -2.52. The van der Waals surface area contributed by atoms with Gasteiger partial charge in [-0.05, 0) is 18.3 Å². The van der Waals surface area contributed by atoms with Gasteiger partial charge in [-0.25, -0.2) is 0 Å². The van der Waals surface area contributed by atoms with Crippen molar-refractivity contribution in [1.82, 2.24) is 14.7 Å². The van der Waals surface area contributed by atoms with Crippen LogP contribution in [0, 0.1) is 5.41 Å². The summed E-state index contributed by atoms with van der Waals surface area (Å²) in [7, 11) is 0. The highest BCUT2D eigenvalue weighted by atomic mass is 15.3. The molecular weight excluding hydrogens is 212 g/mol. The lowest BCUT2D eigenvalue weighted by molar-refractivity contribution is -0.0297. The van der Waals surface area contributed by atoms with E-state index in [9.17, 15) is 0 Å². The zero-order valence-corrected chi connectivity index (χ0v) is 10.4. The van der Waals surface area contributed by atoms with Crippen molar-refractivity contribution in [1.29, 1.82) is 0 Å². The van der Waals surface area contributed by atoms with Gasteiger partial charge < -0.3 is 10.6 Å². The summed E-state index contributed by atoms with van der Waals surface area (Å²) in [6, 6.07) is 0. The molecule has 17 heavy (non-hydrogen) atoms. The monoisotopic (exact) mass is 234 g/mol. The molecule has 1 aliphatic carbocycles. The lowest BCUT2D eigenvalue weighted by Crippen LogP contribution is -2.57. The topological polar surface area (TPSA) is 47.1 Å². The molecule has 3 rings (SSSR count). The van der Waals surface area contributed by atoms with E-state index in [-0.39, 0.29) is 0 Å². The zero-order chi connectivity index (χ0) is 11.7. The zero-order valence-electron chi connectivity index (χ0n) is 10.4. The summed E-state index contributed by atoms with van der Waals surface area (Å²) < 4.78 is 1.95. The number of hydrogen-bond donors (Lipinski definition) is 1. The number of nitrogens with two attached hydrogens (primary N) is 1. The van der Waals surface area contributed by atoms with Gasteiger partial charge in [0.2, 0.25) is 0 Å². The predicted octanol–water partition coefficient (Wildman–Crippen LogP) is 1.73. The van der Waals surface area contributed by atoms with E-state index >= 15 is 0 Å². The Labute approximate surface area is 103 Å². The van der Waals surface area contributed by atoms with Crippen LogP contribution in [-0.2, 0) is 6.54 Å². The van der Waals surface area contributed by atoms with Crippen LogP contribution in [0.3, 0.4) is 0 Å².